The third kappa shape index (κ3) is 6.59. The summed E-state index contributed by atoms with van der Waals surface area (Å²) in [5.41, 5.74) is -0.343. The molecule has 1 atom stereocenters. The van der Waals surface area contributed by atoms with E-state index in [1.54, 1.807) is 51.1 Å². The molecule has 3 rings (SSSR count). The zero-order valence-corrected chi connectivity index (χ0v) is 20.9. The second-order valence-corrected chi connectivity index (χ2v) is 10.4. The first-order chi connectivity index (χ1) is 16.2. The standard InChI is InChI=1S/C27H32FNO6/c1-25(2,3)35-24(32)29-19(16-27(6)22(30)33-26(4,5)34-23(27)31)15-17-11-13-18(14-12-17)20-9-7-8-10-21(20)28/h7-14,19H,15-16H2,1-6H3,(H,29,32)/t19-/m1/s1. The molecule has 2 aromatic rings. The molecule has 1 N–H and O–H groups in total. The highest BCUT2D eigenvalue weighted by atomic mass is 19.1. The normalized spacial score (nSPS) is 17.7. The Kier molecular flexibility index (Phi) is 7.24. The molecule has 0 aliphatic carbocycles. The third-order valence-corrected chi connectivity index (χ3v) is 5.57. The maximum Gasteiger partial charge on any atom is 0.407 e. The van der Waals surface area contributed by atoms with Gasteiger partial charge in [0.05, 0.1) is 0 Å². The van der Waals surface area contributed by atoms with Crippen molar-refractivity contribution in [1.29, 1.82) is 0 Å². The van der Waals surface area contributed by atoms with E-state index < -0.39 is 40.9 Å². The van der Waals surface area contributed by atoms with Gasteiger partial charge in [0.1, 0.15) is 11.4 Å². The average molecular weight is 486 g/mol. The van der Waals surface area contributed by atoms with E-state index in [0.29, 0.717) is 11.1 Å². The van der Waals surface area contributed by atoms with Crippen molar-refractivity contribution < 1.29 is 33.0 Å². The van der Waals surface area contributed by atoms with Gasteiger partial charge in [-0.2, -0.15) is 0 Å². The number of alkyl carbamates (subject to hydrolysis) is 1. The van der Waals surface area contributed by atoms with Crippen molar-refractivity contribution in [2.45, 2.75) is 71.8 Å². The van der Waals surface area contributed by atoms with Crippen LogP contribution in [0.15, 0.2) is 48.5 Å². The summed E-state index contributed by atoms with van der Waals surface area (Å²) in [5.74, 6) is -3.12. The Morgan fingerprint density at radius 2 is 1.57 bits per heavy atom. The van der Waals surface area contributed by atoms with Crippen molar-refractivity contribution in [3.63, 3.8) is 0 Å². The van der Waals surface area contributed by atoms with Crippen LogP contribution in [-0.2, 0) is 30.2 Å². The molecule has 0 spiro atoms. The molecule has 8 heteroatoms. The molecular weight excluding hydrogens is 453 g/mol. The van der Waals surface area contributed by atoms with Gasteiger partial charge in [-0.3, -0.25) is 9.59 Å². The summed E-state index contributed by atoms with van der Waals surface area (Å²) in [4.78, 5) is 38.1. The Hall–Kier alpha value is -3.42. The molecule has 1 heterocycles. The van der Waals surface area contributed by atoms with E-state index in [-0.39, 0.29) is 18.7 Å². The molecule has 1 aliphatic heterocycles. The van der Waals surface area contributed by atoms with Gasteiger partial charge in [-0.15, -0.1) is 0 Å². The predicted molar refractivity (Wildman–Crippen MR) is 128 cm³/mol. The van der Waals surface area contributed by atoms with Gasteiger partial charge >= 0.3 is 18.0 Å². The summed E-state index contributed by atoms with van der Waals surface area (Å²) in [5, 5.41) is 2.78. The molecule has 35 heavy (non-hydrogen) atoms. The van der Waals surface area contributed by atoms with Crippen molar-refractivity contribution >= 4 is 18.0 Å². The number of esters is 2. The van der Waals surface area contributed by atoms with Gasteiger partial charge in [0.15, 0.2) is 5.41 Å². The molecule has 0 aromatic heterocycles. The summed E-state index contributed by atoms with van der Waals surface area (Å²) >= 11 is 0. The van der Waals surface area contributed by atoms with Gasteiger partial charge in [0.25, 0.3) is 5.79 Å². The minimum atomic E-state index is -1.61. The van der Waals surface area contributed by atoms with Gasteiger partial charge in [-0.1, -0.05) is 42.5 Å². The topological polar surface area (TPSA) is 90.9 Å². The molecule has 0 unspecified atom stereocenters. The number of cyclic esters (lactones) is 2. The summed E-state index contributed by atoms with van der Waals surface area (Å²) < 4.78 is 30.1. The summed E-state index contributed by atoms with van der Waals surface area (Å²) in [6, 6.07) is 13.0. The van der Waals surface area contributed by atoms with Crippen LogP contribution in [0.1, 0.15) is 53.5 Å². The molecule has 2 aromatic carbocycles. The van der Waals surface area contributed by atoms with Gasteiger partial charge in [0, 0.05) is 25.5 Å². The molecular formula is C27H32FNO6. The smallest absolute Gasteiger partial charge is 0.407 e. The van der Waals surface area contributed by atoms with Crippen molar-refractivity contribution in [1.82, 2.24) is 5.32 Å². The van der Waals surface area contributed by atoms with E-state index in [9.17, 15) is 18.8 Å². The Balaban J connectivity index is 1.83. The van der Waals surface area contributed by atoms with Gasteiger partial charge in [-0.05, 0) is 57.7 Å². The second-order valence-electron chi connectivity index (χ2n) is 10.4. The van der Waals surface area contributed by atoms with E-state index in [2.05, 4.69) is 5.32 Å². The lowest BCUT2D eigenvalue weighted by Crippen LogP contribution is -2.55. The Morgan fingerprint density at radius 3 is 2.11 bits per heavy atom. The van der Waals surface area contributed by atoms with Crippen molar-refractivity contribution in [3.8, 4) is 11.1 Å². The number of carbonyl (C=O) groups excluding carboxylic acids is 3. The zero-order chi connectivity index (χ0) is 26.0. The summed E-state index contributed by atoms with van der Waals surface area (Å²) in [6.07, 6.45) is -0.447. The van der Waals surface area contributed by atoms with E-state index >= 15 is 0 Å². The fraction of sp³-hybridized carbons (Fsp3) is 0.444. The fourth-order valence-corrected chi connectivity index (χ4v) is 3.88. The number of hydrogen-bond acceptors (Lipinski definition) is 6. The lowest BCUT2D eigenvalue weighted by molar-refractivity contribution is -0.250. The number of benzene rings is 2. The minimum absolute atomic E-state index is 0.0605. The van der Waals surface area contributed by atoms with E-state index in [1.165, 1.54) is 26.8 Å². The number of amides is 1. The number of carbonyl (C=O) groups is 3. The molecule has 0 bridgehead atoms. The predicted octanol–water partition coefficient (Wildman–Crippen LogP) is 5.16. The second kappa shape index (κ2) is 9.68. The monoisotopic (exact) mass is 485 g/mol. The first-order valence-electron chi connectivity index (χ1n) is 11.5. The van der Waals surface area contributed by atoms with E-state index in [1.807, 2.05) is 12.1 Å². The highest BCUT2D eigenvalue weighted by molar-refractivity contribution is 6.01. The van der Waals surface area contributed by atoms with E-state index in [4.69, 9.17) is 14.2 Å². The Morgan fingerprint density at radius 1 is 1.00 bits per heavy atom. The van der Waals surface area contributed by atoms with Crippen molar-refractivity contribution in [3.05, 3.63) is 59.9 Å². The van der Waals surface area contributed by atoms with Crippen LogP contribution in [0.25, 0.3) is 11.1 Å². The van der Waals surface area contributed by atoms with Gasteiger partial charge in [0.2, 0.25) is 0 Å². The number of halogens is 1. The first-order valence-corrected chi connectivity index (χ1v) is 11.5. The van der Waals surface area contributed by atoms with Crippen LogP contribution in [0.5, 0.6) is 0 Å². The van der Waals surface area contributed by atoms with E-state index in [0.717, 1.165) is 5.56 Å². The fourth-order valence-electron chi connectivity index (χ4n) is 3.88. The van der Waals surface area contributed by atoms with Crippen LogP contribution in [0.3, 0.4) is 0 Å². The maximum absolute atomic E-state index is 14.1. The van der Waals surface area contributed by atoms with Crippen LogP contribution >= 0.6 is 0 Å². The van der Waals surface area contributed by atoms with Crippen LogP contribution in [0, 0.1) is 11.2 Å². The SMILES string of the molecule is CC(C)(C)OC(=O)N[C@H](Cc1ccc(-c2ccccc2F)cc1)CC1(C)C(=O)OC(C)(C)OC1=O. The van der Waals surface area contributed by atoms with Crippen LogP contribution < -0.4 is 5.32 Å². The quantitative estimate of drug-likeness (QED) is 0.449. The summed E-state index contributed by atoms with van der Waals surface area (Å²) in [7, 11) is 0. The zero-order valence-electron chi connectivity index (χ0n) is 20.9. The number of ether oxygens (including phenoxy) is 3. The van der Waals surface area contributed by atoms with Crippen LogP contribution in [-0.4, -0.2) is 35.5 Å². The third-order valence-electron chi connectivity index (χ3n) is 5.57. The van der Waals surface area contributed by atoms with Gasteiger partial charge in [-0.25, -0.2) is 9.18 Å². The molecule has 1 fully saturated rings. The molecule has 0 radical (unpaired) electrons. The molecule has 1 amide bonds. The summed E-state index contributed by atoms with van der Waals surface area (Å²) in [6.45, 7) is 9.62. The highest BCUT2D eigenvalue weighted by Gasteiger charge is 2.53. The van der Waals surface area contributed by atoms with Crippen LogP contribution in [0.4, 0.5) is 9.18 Å². The van der Waals surface area contributed by atoms with Crippen molar-refractivity contribution in [2.75, 3.05) is 0 Å². The minimum Gasteiger partial charge on any atom is -0.444 e. The molecule has 1 aliphatic rings. The highest BCUT2D eigenvalue weighted by Crippen LogP contribution is 2.36. The number of nitrogens with one attached hydrogen (secondary N) is 1. The Bertz CT molecular complexity index is 1080. The lowest BCUT2D eigenvalue weighted by atomic mass is 9.81. The molecule has 188 valence electrons. The Labute approximate surface area is 204 Å². The lowest BCUT2D eigenvalue weighted by Gasteiger charge is -2.39. The molecule has 1 saturated heterocycles. The van der Waals surface area contributed by atoms with Crippen molar-refractivity contribution in [2.24, 2.45) is 5.41 Å². The van der Waals surface area contributed by atoms with Crippen LogP contribution in [0.2, 0.25) is 0 Å². The average Bonchev–Trinajstić information content (AvgIpc) is 2.71. The molecule has 7 nitrogen and oxygen atoms in total. The number of hydrogen-bond donors (Lipinski definition) is 1. The van der Waals surface area contributed by atoms with Gasteiger partial charge < -0.3 is 19.5 Å². The number of rotatable bonds is 6. The maximum atomic E-state index is 14.1. The molecule has 0 saturated carbocycles. The first kappa shape index (κ1) is 26.2. The largest absolute Gasteiger partial charge is 0.444 e.